The van der Waals surface area contributed by atoms with Crippen molar-refractivity contribution in [3.05, 3.63) is 45.4 Å². The normalized spacial score (nSPS) is 11.4. The summed E-state index contributed by atoms with van der Waals surface area (Å²) < 4.78 is 5.71. The molecule has 2 aromatic rings. The Hall–Kier alpha value is -1.68. The molecule has 2 rings (SSSR count). The third-order valence-corrected chi connectivity index (χ3v) is 3.79. The molecule has 0 radical (unpaired) electrons. The minimum absolute atomic E-state index is 0.0482. The van der Waals surface area contributed by atoms with Crippen LogP contribution in [0.25, 0.3) is 0 Å². The highest BCUT2D eigenvalue weighted by Crippen LogP contribution is 2.25. The number of ether oxygens (including phenoxy) is 1. The number of aryl methyl sites for hydroxylation is 1. The lowest BCUT2D eigenvalue weighted by atomic mass is 9.93. The highest BCUT2D eigenvalue weighted by Gasteiger charge is 2.17. The number of rotatable bonds is 4. The number of hydrogen-bond donors (Lipinski definition) is 0. The van der Waals surface area contributed by atoms with Crippen molar-refractivity contribution in [2.24, 2.45) is 0 Å². The van der Waals surface area contributed by atoms with E-state index < -0.39 is 0 Å². The molecule has 0 spiro atoms. The van der Waals surface area contributed by atoms with E-state index in [-0.39, 0.29) is 5.41 Å². The fourth-order valence-electron chi connectivity index (χ4n) is 1.75. The van der Waals surface area contributed by atoms with Crippen LogP contribution in [-0.2, 0) is 12.0 Å². The van der Waals surface area contributed by atoms with Crippen molar-refractivity contribution in [2.75, 3.05) is 0 Å². The maximum absolute atomic E-state index is 11.0. The van der Waals surface area contributed by atoms with Crippen LogP contribution in [0.15, 0.2) is 23.6 Å². The van der Waals surface area contributed by atoms with Gasteiger partial charge in [0.05, 0.1) is 11.3 Å². The van der Waals surface area contributed by atoms with E-state index >= 15 is 0 Å². The van der Waals surface area contributed by atoms with Crippen LogP contribution in [0, 0.1) is 6.92 Å². The van der Waals surface area contributed by atoms with Crippen molar-refractivity contribution in [2.45, 2.75) is 39.7 Å². The highest BCUT2D eigenvalue weighted by atomic mass is 32.1. The molecule has 0 saturated carbocycles. The molecule has 0 saturated heterocycles. The Bertz CT molecular complexity index is 611. The lowest BCUT2D eigenvalue weighted by Crippen LogP contribution is -2.11. The topological polar surface area (TPSA) is 39.2 Å². The van der Waals surface area contributed by atoms with E-state index in [0.29, 0.717) is 17.9 Å². The predicted octanol–water partition coefficient (Wildman–Crippen LogP) is 4.14. The van der Waals surface area contributed by atoms with Gasteiger partial charge < -0.3 is 4.74 Å². The Morgan fingerprint density at radius 2 is 2.10 bits per heavy atom. The summed E-state index contributed by atoms with van der Waals surface area (Å²) >= 11 is 1.59. The number of thiazole rings is 1. The molecular formula is C16H19NO2S. The van der Waals surface area contributed by atoms with E-state index in [1.165, 1.54) is 0 Å². The van der Waals surface area contributed by atoms with E-state index in [1.807, 2.05) is 25.1 Å². The average Bonchev–Trinajstić information content (AvgIpc) is 2.86. The summed E-state index contributed by atoms with van der Waals surface area (Å²) in [6.07, 6.45) is 0.824. The zero-order chi connectivity index (χ0) is 14.8. The molecule has 0 unspecified atom stereocenters. The van der Waals surface area contributed by atoms with Gasteiger partial charge in [-0.1, -0.05) is 32.4 Å². The van der Waals surface area contributed by atoms with Crippen molar-refractivity contribution < 1.29 is 9.53 Å². The number of hydrogen-bond acceptors (Lipinski definition) is 4. The molecule has 1 heterocycles. The van der Waals surface area contributed by atoms with Crippen molar-refractivity contribution in [3.8, 4) is 5.75 Å². The first-order chi connectivity index (χ1) is 9.40. The van der Waals surface area contributed by atoms with Gasteiger partial charge in [-0.05, 0) is 19.1 Å². The number of aromatic nitrogens is 1. The Morgan fingerprint density at radius 1 is 1.35 bits per heavy atom. The first kappa shape index (κ1) is 14.7. The van der Waals surface area contributed by atoms with Gasteiger partial charge in [-0.3, -0.25) is 4.79 Å². The van der Waals surface area contributed by atoms with Gasteiger partial charge in [-0.15, -0.1) is 11.3 Å². The Labute approximate surface area is 123 Å². The first-order valence-electron chi connectivity index (χ1n) is 6.53. The zero-order valence-corrected chi connectivity index (χ0v) is 13.1. The second-order valence-electron chi connectivity index (χ2n) is 5.82. The average molecular weight is 289 g/mol. The Morgan fingerprint density at radius 3 is 2.70 bits per heavy atom. The lowest BCUT2D eigenvalue weighted by Gasteiger charge is -2.14. The van der Waals surface area contributed by atoms with Crippen LogP contribution in [0.3, 0.4) is 0 Å². The number of benzene rings is 1. The van der Waals surface area contributed by atoms with Gasteiger partial charge in [0.2, 0.25) is 0 Å². The molecule has 4 heteroatoms. The summed E-state index contributed by atoms with van der Waals surface area (Å²) in [5, 5.41) is 2.99. The summed E-state index contributed by atoms with van der Waals surface area (Å²) in [5.41, 5.74) is 2.74. The van der Waals surface area contributed by atoms with E-state index in [4.69, 9.17) is 4.74 Å². The summed E-state index contributed by atoms with van der Waals surface area (Å²) in [6, 6.07) is 5.59. The first-order valence-corrected chi connectivity index (χ1v) is 7.41. The van der Waals surface area contributed by atoms with Crippen LogP contribution in [0.2, 0.25) is 0 Å². The monoisotopic (exact) mass is 289 g/mol. The molecule has 3 nitrogen and oxygen atoms in total. The van der Waals surface area contributed by atoms with E-state index in [9.17, 15) is 4.79 Å². The molecule has 0 N–H and O–H groups in total. The minimum Gasteiger partial charge on any atom is -0.486 e. The van der Waals surface area contributed by atoms with Crippen molar-refractivity contribution in [1.82, 2.24) is 4.98 Å². The number of aldehydes is 1. The van der Waals surface area contributed by atoms with Gasteiger partial charge >= 0.3 is 0 Å². The maximum Gasteiger partial charge on any atom is 0.153 e. The largest absolute Gasteiger partial charge is 0.486 e. The van der Waals surface area contributed by atoms with Gasteiger partial charge in [0, 0.05) is 10.8 Å². The minimum atomic E-state index is 0.0482. The van der Waals surface area contributed by atoms with Gasteiger partial charge in [0.15, 0.2) is 6.29 Å². The molecule has 1 aromatic heterocycles. The number of carbonyl (C=O) groups excluding carboxylic acids is 1. The molecule has 0 atom stereocenters. The SMILES string of the molecule is Cc1ccc(OCc2nc(C(C)(C)C)cs2)c(C=O)c1. The molecular weight excluding hydrogens is 270 g/mol. The van der Waals surface area contributed by atoms with Crippen LogP contribution in [0.4, 0.5) is 0 Å². The van der Waals surface area contributed by atoms with Gasteiger partial charge in [0.1, 0.15) is 17.4 Å². The molecule has 1 aromatic carbocycles. The summed E-state index contributed by atoms with van der Waals surface area (Å²) in [6.45, 7) is 8.75. The second-order valence-corrected chi connectivity index (χ2v) is 6.77. The standard InChI is InChI=1S/C16H19NO2S/c1-11-5-6-13(12(7-11)8-18)19-9-15-17-14(10-20-15)16(2,3)4/h5-8,10H,9H2,1-4H3. The molecule has 106 valence electrons. The van der Waals surface area contributed by atoms with Crippen LogP contribution >= 0.6 is 11.3 Å². The van der Waals surface area contributed by atoms with Gasteiger partial charge in [-0.2, -0.15) is 0 Å². The molecule has 0 fully saturated rings. The van der Waals surface area contributed by atoms with Crippen LogP contribution in [0.5, 0.6) is 5.75 Å². The predicted molar refractivity (Wildman–Crippen MR) is 81.7 cm³/mol. The lowest BCUT2D eigenvalue weighted by molar-refractivity contribution is 0.111. The number of nitrogens with zero attached hydrogens (tertiary/aromatic N) is 1. The van der Waals surface area contributed by atoms with Gasteiger partial charge in [0.25, 0.3) is 0 Å². The molecule has 20 heavy (non-hydrogen) atoms. The quantitative estimate of drug-likeness (QED) is 0.794. The smallest absolute Gasteiger partial charge is 0.153 e. The molecule has 0 aliphatic rings. The zero-order valence-electron chi connectivity index (χ0n) is 12.3. The van der Waals surface area contributed by atoms with E-state index in [2.05, 4.69) is 31.1 Å². The Kier molecular flexibility index (Phi) is 4.23. The number of carbonyl (C=O) groups is 1. The van der Waals surface area contributed by atoms with Crippen molar-refractivity contribution in [1.29, 1.82) is 0 Å². The fourth-order valence-corrected chi connectivity index (χ4v) is 2.68. The third-order valence-electron chi connectivity index (χ3n) is 2.96. The molecule has 0 amide bonds. The van der Waals surface area contributed by atoms with Crippen molar-refractivity contribution in [3.63, 3.8) is 0 Å². The van der Waals surface area contributed by atoms with Crippen LogP contribution < -0.4 is 4.74 Å². The maximum atomic E-state index is 11.0. The summed E-state index contributed by atoms with van der Waals surface area (Å²) in [5.74, 6) is 0.609. The third kappa shape index (κ3) is 3.45. The van der Waals surface area contributed by atoms with E-state index in [1.54, 1.807) is 11.3 Å². The van der Waals surface area contributed by atoms with Crippen molar-refractivity contribution >= 4 is 17.6 Å². The van der Waals surface area contributed by atoms with Crippen LogP contribution in [0.1, 0.15) is 47.4 Å². The molecule has 0 aliphatic carbocycles. The van der Waals surface area contributed by atoms with Crippen LogP contribution in [-0.4, -0.2) is 11.3 Å². The summed E-state index contributed by atoms with van der Waals surface area (Å²) in [4.78, 5) is 15.6. The molecule has 0 bridgehead atoms. The summed E-state index contributed by atoms with van der Waals surface area (Å²) in [7, 11) is 0. The molecule has 0 aliphatic heterocycles. The van der Waals surface area contributed by atoms with E-state index in [0.717, 1.165) is 22.6 Å². The Balaban J connectivity index is 2.09. The highest BCUT2D eigenvalue weighted by molar-refractivity contribution is 7.09. The van der Waals surface area contributed by atoms with Gasteiger partial charge in [-0.25, -0.2) is 4.98 Å². The second kappa shape index (κ2) is 5.75. The fraction of sp³-hybridized carbons (Fsp3) is 0.375.